The number of quaternary nitrogens is 2. The van der Waals surface area contributed by atoms with E-state index in [2.05, 4.69) is 55.9 Å². The lowest BCUT2D eigenvalue weighted by atomic mass is 10.1. The quantitative estimate of drug-likeness (QED) is 0.167. The van der Waals surface area contributed by atoms with Gasteiger partial charge in [0.05, 0.1) is 53.4 Å². The highest BCUT2D eigenvalue weighted by atomic mass is 127. The van der Waals surface area contributed by atoms with Gasteiger partial charge in [0.2, 0.25) is 0 Å². The molecule has 22 heavy (non-hydrogen) atoms. The predicted molar refractivity (Wildman–Crippen MR) is 91.9 cm³/mol. The molecule has 0 aliphatic carbocycles. The lowest BCUT2D eigenvalue weighted by Crippen LogP contribution is -3.00. The van der Waals surface area contributed by atoms with Crippen LogP contribution in [0, 0.1) is 0 Å². The molecule has 0 aliphatic rings. The first-order valence-electron chi connectivity index (χ1n) is 8.75. The molecule has 0 N–H and O–H groups in total. The maximum Gasteiger partial charge on any atom is 0.0829 e. The van der Waals surface area contributed by atoms with Crippen LogP contribution in [0.15, 0.2) is 0 Å². The van der Waals surface area contributed by atoms with Crippen molar-refractivity contribution in [1.82, 2.24) is 0 Å². The molecule has 0 bridgehead atoms. The van der Waals surface area contributed by atoms with E-state index in [1.165, 1.54) is 60.6 Å². The summed E-state index contributed by atoms with van der Waals surface area (Å²) in [5.41, 5.74) is 0. The number of nitrogens with zero attached hydrogens (tertiary/aromatic N) is 2. The molecular weight excluding hydrogens is 498 g/mol. The summed E-state index contributed by atoms with van der Waals surface area (Å²) >= 11 is 0. The summed E-state index contributed by atoms with van der Waals surface area (Å²) < 4.78 is 2.33. The summed E-state index contributed by atoms with van der Waals surface area (Å²) in [7, 11) is 9.43. The van der Waals surface area contributed by atoms with Crippen molar-refractivity contribution in [3.63, 3.8) is 0 Å². The second kappa shape index (κ2) is 13.6. The van der Waals surface area contributed by atoms with Crippen LogP contribution in [0.1, 0.15) is 66.2 Å². The molecule has 0 aliphatic heterocycles. The Labute approximate surface area is 175 Å². The SMILES string of the molecule is CC(C)[N+](C)(C)CCCCCCCC[N+](C)(C)C(C)C.[I-].[I-]. The largest absolute Gasteiger partial charge is 1.00 e. The van der Waals surface area contributed by atoms with Gasteiger partial charge >= 0.3 is 0 Å². The average molecular weight is 540 g/mol. The minimum Gasteiger partial charge on any atom is -1.00 e. The highest BCUT2D eigenvalue weighted by Crippen LogP contribution is 2.13. The molecule has 0 spiro atoms. The molecule has 0 saturated heterocycles. The van der Waals surface area contributed by atoms with Crippen molar-refractivity contribution < 1.29 is 56.9 Å². The fourth-order valence-electron chi connectivity index (χ4n) is 2.26. The van der Waals surface area contributed by atoms with E-state index in [4.69, 9.17) is 0 Å². The summed E-state index contributed by atoms with van der Waals surface area (Å²) in [4.78, 5) is 0. The van der Waals surface area contributed by atoms with Gasteiger partial charge in [0.1, 0.15) is 0 Å². The van der Waals surface area contributed by atoms with Gasteiger partial charge in [0, 0.05) is 0 Å². The van der Waals surface area contributed by atoms with Gasteiger partial charge in [-0.15, -0.1) is 0 Å². The molecule has 0 rings (SSSR count). The standard InChI is InChI=1S/C18H42N2.2HI/c1-17(2)19(5,6)15-13-11-9-10-12-14-16-20(7,8)18(3)4;;/h17-18H,9-16H2,1-8H3;2*1H/q+2;;/p-2. The predicted octanol–water partition coefficient (Wildman–Crippen LogP) is -1.70. The molecule has 138 valence electrons. The molecule has 0 aromatic carbocycles. The Morgan fingerprint density at radius 3 is 0.955 bits per heavy atom. The third-order valence-corrected chi connectivity index (χ3v) is 5.51. The summed E-state index contributed by atoms with van der Waals surface area (Å²) in [6.07, 6.45) is 8.45. The van der Waals surface area contributed by atoms with Crippen LogP contribution >= 0.6 is 0 Å². The Morgan fingerprint density at radius 2 is 0.727 bits per heavy atom. The lowest BCUT2D eigenvalue weighted by molar-refractivity contribution is -0.911. The van der Waals surface area contributed by atoms with Gasteiger partial charge in [-0.05, 0) is 53.4 Å². The number of hydrogen-bond acceptors (Lipinski definition) is 0. The molecule has 0 unspecified atom stereocenters. The molecule has 4 heteroatoms. The average Bonchev–Trinajstić information content (AvgIpc) is 2.31. The van der Waals surface area contributed by atoms with Crippen LogP contribution in [0.3, 0.4) is 0 Å². The fourth-order valence-corrected chi connectivity index (χ4v) is 2.26. The zero-order valence-electron chi connectivity index (χ0n) is 16.5. The van der Waals surface area contributed by atoms with E-state index in [0.29, 0.717) is 0 Å². The molecule has 0 aromatic heterocycles. The topological polar surface area (TPSA) is 0 Å². The number of hydrogen-bond donors (Lipinski definition) is 0. The zero-order chi connectivity index (χ0) is 15.8. The zero-order valence-corrected chi connectivity index (χ0v) is 20.8. The third-order valence-electron chi connectivity index (χ3n) is 5.51. The maximum absolute atomic E-state index is 2.36. The van der Waals surface area contributed by atoms with Crippen LogP contribution < -0.4 is 48.0 Å². The lowest BCUT2D eigenvalue weighted by Gasteiger charge is -2.34. The van der Waals surface area contributed by atoms with Crippen LogP contribution in [0.5, 0.6) is 0 Å². The minimum absolute atomic E-state index is 0. The van der Waals surface area contributed by atoms with Gasteiger partial charge in [-0.25, -0.2) is 0 Å². The van der Waals surface area contributed by atoms with Crippen molar-refractivity contribution >= 4 is 0 Å². The first-order chi connectivity index (χ1) is 9.09. The van der Waals surface area contributed by atoms with Gasteiger partial charge in [-0.3, -0.25) is 0 Å². The summed E-state index contributed by atoms with van der Waals surface area (Å²) in [5, 5.41) is 0. The molecule has 0 amide bonds. The first kappa shape index (κ1) is 28.2. The van der Waals surface area contributed by atoms with Crippen molar-refractivity contribution in [3.05, 3.63) is 0 Å². The van der Waals surface area contributed by atoms with Gasteiger partial charge in [-0.1, -0.05) is 12.8 Å². The van der Waals surface area contributed by atoms with Crippen LogP contribution in [0.25, 0.3) is 0 Å². The van der Waals surface area contributed by atoms with Gasteiger partial charge < -0.3 is 56.9 Å². The molecule has 0 atom stereocenters. The van der Waals surface area contributed by atoms with Crippen molar-refractivity contribution in [2.75, 3.05) is 41.3 Å². The van der Waals surface area contributed by atoms with E-state index in [9.17, 15) is 0 Å². The molecular formula is C18H42I2N2. The third kappa shape index (κ3) is 12.8. The Hall–Kier alpha value is 1.38. The van der Waals surface area contributed by atoms with E-state index in [1.807, 2.05) is 0 Å². The smallest absolute Gasteiger partial charge is 0.0829 e. The fraction of sp³-hybridized carbons (Fsp3) is 1.00. The highest BCUT2D eigenvalue weighted by Gasteiger charge is 2.19. The summed E-state index contributed by atoms with van der Waals surface area (Å²) in [5.74, 6) is 0. The summed E-state index contributed by atoms with van der Waals surface area (Å²) in [6.45, 7) is 12.0. The second-order valence-electron chi connectivity index (χ2n) is 8.31. The van der Waals surface area contributed by atoms with Crippen LogP contribution in [0.2, 0.25) is 0 Å². The van der Waals surface area contributed by atoms with E-state index in [0.717, 1.165) is 12.1 Å². The first-order valence-corrected chi connectivity index (χ1v) is 8.75. The van der Waals surface area contributed by atoms with Gasteiger partial charge in [0.25, 0.3) is 0 Å². The minimum atomic E-state index is 0. The van der Waals surface area contributed by atoms with Gasteiger partial charge in [0.15, 0.2) is 0 Å². The molecule has 0 aromatic rings. The van der Waals surface area contributed by atoms with E-state index < -0.39 is 0 Å². The molecule has 0 fully saturated rings. The Balaban J connectivity index is -0.00000180. The van der Waals surface area contributed by atoms with E-state index in [1.54, 1.807) is 0 Å². The molecule has 0 saturated carbocycles. The number of unbranched alkanes of at least 4 members (excludes halogenated alkanes) is 5. The molecule has 0 radical (unpaired) electrons. The van der Waals surface area contributed by atoms with Crippen LogP contribution in [0.4, 0.5) is 0 Å². The van der Waals surface area contributed by atoms with Crippen LogP contribution in [-0.2, 0) is 0 Å². The summed E-state index contributed by atoms with van der Waals surface area (Å²) in [6, 6.07) is 1.48. The van der Waals surface area contributed by atoms with Crippen molar-refractivity contribution in [1.29, 1.82) is 0 Å². The highest BCUT2D eigenvalue weighted by molar-refractivity contribution is 4.48. The number of halogens is 2. The monoisotopic (exact) mass is 540 g/mol. The van der Waals surface area contributed by atoms with Gasteiger partial charge in [-0.2, -0.15) is 0 Å². The normalized spacial score (nSPS) is 12.3. The van der Waals surface area contributed by atoms with E-state index in [-0.39, 0.29) is 48.0 Å². The molecule has 2 nitrogen and oxygen atoms in total. The van der Waals surface area contributed by atoms with Crippen molar-refractivity contribution in [3.8, 4) is 0 Å². The number of rotatable bonds is 11. The Kier molecular flexibility index (Phi) is 17.5. The Bertz CT molecular complexity index is 225. The second-order valence-corrected chi connectivity index (χ2v) is 8.31. The molecule has 0 heterocycles. The Morgan fingerprint density at radius 1 is 0.500 bits per heavy atom. The van der Waals surface area contributed by atoms with Crippen LogP contribution in [-0.4, -0.2) is 62.3 Å². The van der Waals surface area contributed by atoms with Crippen molar-refractivity contribution in [2.24, 2.45) is 0 Å². The van der Waals surface area contributed by atoms with Crippen molar-refractivity contribution in [2.45, 2.75) is 78.3 Å². The maximum atomic E-state index is 2.36. The van der Waals surface area contributed by atoms with E-state index >= 15 is 0 Å².